The number of amides is 1. The van der Waals surface area contributed by atoms with Crippen molar-refractivity contribution in [1.29, 1.82) is 0 Å². The van der Waals surface area contributed by atoms with Gasteiger partial charge in [0.2, 0.25) is 0 Å². The summed E-state index contributed by atoms with van der Waals surface area (Å²) in [5.41, 5.74) is 0.578. The van der Waals surface area contributed by atoms with Crippen LogP contribution < -0.4 is 5.32 Å². The Morgan fingerprint density at radius 3 is 2.17 bits per heavy atom. The van der Waals surface area contributed by atoms with Crippen LogP contribution >= 0.6 is 23.2 Å². The van der Waals surface area contributed by atoms with E-state index in [1.54, 1.807) is 36.4 Å². The number of benzene rings is 3. The first-order valence-electron chi connectivity index (χ1n) is 8.96. The molecule has 1 amide bonds. The van der Waals surface area contributed by atoms with E-state index in [0.29, 0.717) is 5.02 Å². The predicted octanol–water partition coefficient (Wildman–Crippen LogP) is 5.27. The molecule has 0 aliphatic carbocycles. The summed E-state index contributed by atoms with van der Waals surface area (Å²) in [5, 5.41) is 3.20. The molecule has 0 aromatic heterocycles. The Hall–Kier alpha value is -2.67. The van der Waals surface area contributed by atoms with Gasteiger partial charge in [-0.15, -0.1) is 0 Å². The van der Waals surface area contributed by atoms with Crippen LogP contribution in [-0.2, 0) is 9.84 Å². The highest BCUT2D eigenvalue weighted by atomic mass is 35.5. The average Bonchev–Trinajstić information content (AvgIpc) is 2.74. The summed E-state index contributed by atoms with van der Waals surface area (Å²) < 4.78 is 24.7. The van der Waals surface area contributed by atoms with Crippen LogP contribution in [0.25, 0.3) is 0 Å². The van der Waals surface area contributed by atoms with Crippen LogP contribution in [0.3, 0.4) is 0 Å². The number of halogens is 2. The molecule has 0 atom stereocenters. The molecule has 0 aliphatic heterocycles. The lowest BCUT2D eigenvalue weighted by molar-refractivity contribution is 0.102. The molecule has 3 aromatic carbocycles. The third-order valence-corrected chi connectivity index (χ3v) is 6.79. The lowest BCUT2D eigenvalue weighted by Gasteiger charge is -2.13. The van der Waals surface area contributed by atoms with Crippen LogP contribution in [0.2, 0.25) is 10.0 Å². The number of carbonyl (C=O) groups is 2. The van der Waals surface area contributed by atoms with Gasteiger partial charge in [0.05, 0.1) is 26.9 Å². The van der Waals surface area contributed by atoms with E-state index in [1.807, 2.05) is 0 Å². The minimum atomic E-state index is -3.61. The Morgan fingerprint density at radius 2 is 1.50 bits per heavy atom. The molecule has 0 fully saturated rings. The Kier molecular flexibility index (Phi) is 6.61. The molecule has 0 radical (unpaired) electrons. The van der Waals surface area contributed by atoms with Gasteiger partial charge in [-0.1, -0.05) is 54.4 Å². The number of sulfone groups is 1. The minimum absolute atomic E-state index is 0.00885. The fourth-order valence-electron chi connectivity index (χ4n) is 2.87. The molecule has 1 N–H and O–H groups in total. The van der Waals surface area contributed by atoms with Crippen LogP contribution in [0, 0.1) is 0 Å². The lowest BCUT2D eigenvalue weighted by atomic mass is 10.0. The van der Waals surface area contributed by atoms with Gasteiger partial charge in [-0.05, 0) is 42.5 Å². The number of anilines is 1. The highest BCUT2D eigenvalue weighted by Gasteiger charge is 2.23. The fraction of sp³-hybridized carbons (Fsp3) is 0.0909. The van der Waals surface area contributed by atoms with Gasteiger partial charge in [-0.25, -0.2) is 8.42 Å². The SMILES string of the molecule is CCS(=O)(=O)c1ccccc1C(=O)Nc1ccc(Cl)cc1C(=O)c1ccccc1Cl. The van der Waals surface area contributed by atoms with Crippen molar-refractivity contribution >= 4 is 50.4 Å². The van der Waals surface area contributed by atoms with E-state index in [9.17, 15) is 18.0 Å². The second kappa shape index (κ2) is 9.00. The molecule has 8 heteroatoms. The smallest absolute Gasteiger partial charge is 0.257 e. The van der Waals surface area contributed by atoms with Gasteiger partial charge in [-0.3, -0.25) is 9.59 Å². The van der Waals surface area contributed by atoms with E-state index >= 15 is 0 Å². The summed E-state index contributed by atoms with van der Waals surface area (Å²) in [6.45, 7) is 1.50. The maximum atomic E-state index is 13.0. The minimum Gasteiger partial charge on any atom is -0.321 e. The maximum Gasteiger partial charge on any atom is 0.257 e. The summed E-state index contributed by atoms with van der Waals surface area (Å²) in [6.07, 6.45) is 0. The second-order valence-corrected chi connectivity index (χ2v) is 9.44. The monoisotopic (exact) mass is 461 g/mol. The van der Waals surface area contributed by atoms with E-state index in [0.717, 1.165) is 0 Å². The van der Waals surface area contributed by atoms with Gasteiger partial charge in [0, 0.05) is 16.1 Å². The van der Waals surface area contributed by atoms with E-state index in [2.05, 4.69) is 5.32 Å². The molecule has 154 valence electrons. The molecule has 0 aliphatic rings. The third kappa shape index (κ3) is 4.56. The molecule has 0 heterocycles. The first kappa shape index (κ1) is 22.0. The van der Waals surface area contributed by atoms with Crippen molar-refractivity contribution in [2.24, 2.45) is 0 Å². The molecule has 3 rings (SSSR count). The quantitative estimate of drug-likeness (QED) is 0.506. The van der Waals surface area contributed by atoms with Crippen molar-refractivity contribution in [2.45, 2.75) is 11.8 Å². The molecular weight excluding hydrogens is 445 g/mol. The highest BCUT2D eigenvalue weighted by Crippen LogP contribution is 2.27. The largest absolute Gasteiger partial charge is 0.321 e. The average molecular weight is 462 g/mol. The molecule has 0 bridgehead atoms. The Balaban J connectivity index is 2.03. The summed E-state index contributed by atoms with van der Waals surface area (Å²) in [5.74, 6) is -1.22. The Bertz CT molecular complexity index is 1240. The van der Waals surface area contributed by atoms with Crippen LogP contribution in [0.15, 0.2) is 71.6 Å². The summed E-state index contributed by atoms with van der Waals surface area (Å²) in [4.78, 5) is 25.9. The summed E-state index contributed by atoms with van der Waals surface area (Å²) in [7, 11) is -3.61. The molecule has 30 heavy (non-hydrogen) atoms. The van der Waals surface area contributed by atoms with Crippen LogP contribution in [0.1, 0.15) is 33.2 Å². The van der Waals surface area contributed by atoms with Crippen molar-refractivity contribution in [3.05, 3.63) is 93.5 Å². The highest BCUT2D eigenvalue weighted by molar-refractivity contribution is 7.91. The topological polar surface area (TPSA) is 80.3 Å². The van der Waals surface area contributed by atoms with E-state index < -0.39 is 21.5 Å². The van der Waals surface area contributed by atoms with Gasteiger partial charge >= 0.3 is 0 Å². The second-order valence-electron chi connectivity index (χ2n) is 6.35. The molecular formula is C22H17Cl2NO4S. The zero-order valence-corrected chi connectivity index (χ0v) is 18.2. The molecule has 0 unspecified atom stereocenters. The standard InChI is InChI=1S/C22H17Cl2NO4S/c1-2-30(28,29)20-10-6-4-8-16(20)22(27)25-19-12-11-14(23)13-17(19)21(26)15-7-3-5-9-18(15)24/h3-13H,2H2,1H3,(H,25,27). The van der Waals surface area contributed by atoms with Crippen LogP contribution in [-0.4, -0.2) is 25.9 Å². The molecule has 3 aromatic rings. The van der Waals surface area contributed by atoms with E-state index in [-0.39, 0.29) is 38.0 Å². The van der Waals surface area contributed by atoms with Crippen LogP contribution in [0.4, 0.5) is 5.69 Å². The first-order chi connectivity index (χ1) is 14.2. The molecule has 5 nitrogen and oxygen atoms in total. The summed E-state index contributed by atoms with van der Waals surface area (Å²) in [6, 6.07) is 16.9. The lowest BCUT2D eigenvalue weighted by Crippen LogP contribution is -2.19. The van der Waals surface area contributed by atoms with Crippen LogP contribution in [0.5, 0.6) is 0 Å². The van der Waals surface area contributed by atoms with Gasteiger partial charge in [0.15, 0.2) is 15.6 Å². The van der Waals surface area contributed by atoms with Crippen molar-refractivity contribution < 1.29 is 18.0 Å². The maximum absolute atomic E-state index is 13.0. The number of rotatable bonds is 6. The first-order valence-corrected chi connectivity index (χ1v) is 11.4. The number of hydrogen-bond donors (Lipinski definition) is 1. The number of hydrogen-bond acceptors (Lipinski definition) is 4. The molecule has 0 spiro atoms. The van der Waals surface area contributed by atoms with Gasteiger partial charge in [0.25, 0.3) is 5.91 Å². The molecule has 0 saturated carbocycles. The normalized spacial score (nSPS) is 11.2. The fourth-order valence-corrected chi connectivity index (χ4v) is 4.36. The van der Waals surface area contributed by atoms with Crippen molar-refractivity contribution in [3.8, 4) is 0 Å². The van der Waals surface area contributed by atoms with E-state index in [4.69, 9.17) is 23.2 Å². The van der Waals surface area contributed by atoms with Crippen molar-refractivity contribution in [2.75, 3.05) is 11.1 Å². The number of carbonyl (C=O) groups excluding carboxylic acids is 2. The van der Waals surface area contributed by atoms with Gasteiger partial charge in [0.1, 0.15) is 0 Å². The van der Waals surface area contributed by atoms with Gasteiger partial charge in [-0.2, -0.15) is 0 Å². The Labute approximate surface area is 184 Å². The summed E-state index contributed by atoms with van der Waals surface area (Å²) >= 11 is 12.2. The molecule has 0 saturated heterocycles. The zero-order chi connectivity index (χ0) is 21.9. The number of ketones is 1. The predicted molar refractivity (Wildman–Crippen MR) is 118 cm³/mol. The number of nitrogens with one attached hydrogen (secondary N) is 1. The third-order valence-electron chi connectivity index (χ3n) is 4.44. The van der Waals surface area contributed by atoms with Gasteiger partial charge < -0.3 is 5.32 Å². The zero-order valence-electron chi connectivity index (χ0n) is 15.9. The van der Waals surface area contributed by atoms with Crippen molar-refractivity contribution in [1.82, 2.24) is 0 Å². The van der Waals surface area contributed by atoms with Crippen molar-refractivity contribution in [3.63, 3.8) is 0 Å². The van der Waals surface area contributed by atoms with E-state index in [1.165, 1.54) is 37.3 Å². The Morgan fingerprint density at radius 1 is 0.867 bits per heavy atom.